The third-order valence-electron chi connectivity index (χ3n) is 2.18. The summed E-state index contributed by atoms with van der Waals surface area (Å²) < 4.78 is 38.7. The maximum Gasteiger partial charge on any atom is 0.240 e. The highest BCUT2D eigenvalue weighted by molar-refractivity contribution is 7.89. The Kier molecular flexibility index (Phi) is 5.36. The minimum atomic E-state index is -3.61. The molecule has 3 nitrogen and oxygen atoms in total. The Labute approximate surface area is 106 Å². The maximum absolute atomic E-state index is 12.9. The monoisotopic (exact) mass is 279 g/mol. The van der Waals surface area contributed by atoms with E-state index in [1.807, 2.05) is 6.92 Å². The van der Waals surface area contributed by atoms with Crippen LogP contribution in [-0.4, -0.2) is 20.3 Å². The molecule has 0 fully saturated rings. The van der Waals surface area contributed by atoms with Crippen LogP contribution in [0.3, 0.4) is 0 Å². The average molecular weight is 280 g/mol. The Morgan fingerprint density at radius 2 is 2.18 bits per heavy atom. The zero-order chi connectivity index (χ0) is 12.9. The molecule has 0 saturated carbocycles. The highest BCUT2D eigenvalue weighted by Crippen LogP contribution is 2.10. The van der Waals surface area contributed by atoms with Crippen LogP contribution in [0.1, 0.15) is 19.8 Å². The number of benzene rings is 1. The summed E-state index contributed by atoms with van der Waals surface area (Å²) in [6.07, 6.45) is 1.38. The lowest BCUT2D eigenvalue weighted by atomic mass is 10.2. The smallest absolute Gasteiger partial charge is 0.211 e. The van der Waals surface area contributed by atoms with E-state index < -0.39 is 15.8 Å². The van der Waals surface area contributed by atoms with Crippen molar-refractivity contribution in [3.63, 3.8) is 0 Å². The van der Waals surface area contributed by atoms with Crippen molar-refractivity contribution in [2.45, 2.75) is 30.0 Å². The summed E-state index contributed by atoms with van der Waals surface area (Å²) in [6.45, 7) is 2.15. The topological polar surface area (TPSA) is 46.2 Å². The lowest BCUT2D eigenvalue weighted by Crippen LogP contribution is -2.25. The van der Waals surface area contributed by atoms with E-state index in [4.69, 9.17) is 11.6 Å². The standard InChI is InChI=1S/C11H15ClFNO2S/c1-9(12)4-3-7-14-17(15,16)11-6-2-5-10(13)8-11/h2,5-6,8-9,14H,3-4,7H2,1H3. The van der Waals surface area contributed by atoms with Crippen LogP contribution in [0.4, 0.5) is 4.39 Å². The fourth-order valence-corrected chi connectivity index (χ4v) is 2.57. The largest absolute Gasteiger partial charge is 0.240 e. The predicted octanol–water partition coefficient (Wildman–Crippen LogP) is 2.51. The first-order valence-electron chi connectivity index (χ1n) is 5.31. The molecule has 17 heavy (non-hydrogen) atoms. The third-order valence-corrected chi connectivity index (χ3v) is 3.85. The summed E-state index contributed by atoms with van der Waals surface area (Å²) in [7, 11) is -3.61. The molecule has 0 aliphatic carbocycles. The van der Waals surface area contributed by atoms with E-state index in [9.17, 15) is 12.8 Å². The highest BCUT2D eigenvalue weighted by Gasteiger charge is 2.13. The summed E-state index contributed by atoms with van der Waals surface area (Å²) >= 11 is 5.74. The van der Waals surface area contributed by atoms with E-state index in [1.165, 1.54) is 18.2 Å². The van der Waals surface area contributed by atoms with Crippen LogP contribution in [0.5, 0.6) is 0 Å². The van der Waals surface area contributed by atoms with Crippen molar-refractivity contribution < 1.29 is 12.8 Å². The van der Waals surface area contributed by atoms with Gasteiger partial charge in [0.2, 0.25) is 10.0 Å². The van der Waals surface area contributed by atoms with E-state index >= 15 is 0 Å². The zero-order valence-electron chi connectivity index (χ0n) is 9.49. The Hall–Kier alpha value is -0.650. The lowest BCUT2D eigenvalue weighted by molar-refractivity contribution is 0.573. The minimum Gasteiger partial charge on any atom is -0.211 e. The van der Waals surface area contributed by atoms with Gasteiger partial charge in [0, 0.05) is 11.9 Å². The zero-order valence-corrected chi connectivity index (χ0v) is 11.1. The van der Waals surface area contributed by atoms with Gasteiger partial charge < -0.3 is 0 Å². The van der Waals surface area contributed by atoms with Gasteiger partial charge in [0.05, 0.1) is 4.90 Å². The van der Waals surface area contributed by atoms with Crippen LogP contribution in [0, 0.1) is 5.82 Å². The molecule has 1 aromatic rings. The molecule has 0 spiro atoms. The molecule has 96 valence electrons. The molecule has 0 amide bonds. The second-order valence-electron chi connectivity index (χ2n) is 3.78. The van der Waals surface area contributed by atoms with Gasteiger partial charge in [0.1, 0.15) is 5.82 Å². The second kappa shape index (κ2) is 6.33. The molecule has 0 saturated heterocycles. The molecule has 1 unspecified atom stereocenters. The number of halogens is 2. The van der Waals surface area contributed by atoms with E-state index in [0.717, 1.165) is 12.5 Å². The molecule has 0 heterocycles. The molecule has 1 rings (SSSR count). The SMILES string of the molecule is CC(Cl)CCCNS(=O)(=O)c1cccc(F)c1. The van der Waals surface area contributed by atoms with Crippen LogP contribution in [-0.2, 0) is 10.0 Å². The van der Waals surface area contributed by atoms with Crippen molar-refractivity contribution in [2.24, 2.45) is 0 Å². The van der Waals surface area contributed by atoms with Crippen molar-refractivity contribution in [2.75, 3.05) is 6.54 Å². The highest BCUT2D eigenvalue weighted by atomic mass is 35.5. The first kappa shape index (κ1) is 14.4. The van der Waals surface area contributed by atoms with Gasteiger partial charge >= 0.3 is 0 Å². The Morgan fingerprint density at radius 3 is 2.76 bits per heavy atom. The molecule has 0 aliphatic heterocycles. The minimum absolute atomic E-state index is 0.0219. The van der Waals surface area contributed by atoms with Crippen LogP contribution in [0.15, 0.2) is 29.2 Å². The van der Waals surface area contributed by atoms with Gasteiger partial charge in [-0.25, -0.2) is 17.5 Å². The summed E-state index contributed by atoms with van der Waals surface area (Å²) in [6, 6.07) is 4.92. The summed E-state index contributed by atoms with van der Waals surface area (Å²) in [5, 5.41) is 0.0219. The molecule has 6 heteroatoms. The first-order valence-corrected chi connectivity index (χ1v) is 7.23. The van der Waals surface area contributed by atoms with Crippen LogP contribution >= 0.6 is 11.6 Å². The van der Waals surface area contributed by atoms with Gasteiger partial charge in [-0.05, 0) is 38.0 Å². The second-order valence-corrected chi connectivity index (χ2v) is 6.29. The summed E-state index contributed by atoms with van der Waals surface area (Å²) in [4.78, 5) is -0.0589. The molecule has 0 radical (unpaired) electrons. The molecule has 0 bridgehead atoms. The number of sulfonamides is 1. The predicted molar refractivity (Wildman–Crippen MR) is 66.1 cm³/mol. The van der Waals surface area contributed by atoms with Crippen LogP contribution < -0.4 is 4.72 Å². The fraction of sp³-hybridized carbons (Fsp3) is 0.455. The average Bonchev–Trinajstić information content (AvgIpc) is 2.24. The van der Waals surface area contributed by atoms with Crippen molar-refractivity contribution in [3.05, 3.63) is 30.1 Å². The molecular weight excluding hydrogens is 265 g/mol. The Morgan fingerprint density at radius 1 is 1.47 bits per heavy atom. The number of hydrogen-bond acceptors (Lipinski definition) is 2. The van der Waals surface area contributed by atoms with Gasteiger partial charge in [-0.15, -0.1) is 11.6 Å². The third kappa shape index (κ3) is 5.02. The summed E-state index contributed by atoms with van der Waals surface area (Å²) in [5.41, 5.74) is 0. The van der Waals surface area contributed by atoms with Crippen molar-refractivity contribution in [1.82, 2.24) is 4.72 Å². The van der Waals surface area contributed by atoms with Crippen molar-refractivity contribution >= 4 is 21.6 Å². The van der Waals surface area contributed by atoms with Gasteiger partial charge in [0.15, 0.2) is 0 Å². The van der Waals surface area contributed by atoms with Crippen LogP contribution in [0.25, 0.3) is 0 Å². The number of hydrogen-bond donors (Lipinski definition) is 1. The van der Waals surface area contributed by atoms with Crippen molar-refractivity contribution in [1.29, 1.82) is 0 Å². The van der Waals surface area contributed by atoms with E-state index in [-0.39, 0.29) is 10.3 Å². The van der Waals surface area contributed by atoms with Gasteiger partial charge in [-0.2, -0.15) is 0 Å². The van der Waals surface area contributed by atoms with E-state index in [1.54, 1.807) is 0 Å². The molecule has 1 N–H and O–H groups in total. The molecule has 1 aromatic carbocycles. The van der Waals surface area contributed by atoms with Crippen LogP contribution in [0.2, 0.25) is 0 Å². The van der Waals surface area contributed by atoms with E-state index in [2.05, 4.69) is 4.72 Å². The molecule has 1 atom stereocenters. The van der Waals surface area contributed by atoms with Gasteiger partial charge in [-0.3, -0.25) is 0 Å². The Balaban J connectivity index is 2.57. The number of rotatable bonds is 6. The summed E-state index contributed by atoms with van der Waals surface area (Å²) in [5.74, 6) is -0.567. The fourth-order valence-electron chi connectivity index (χ4n) is 1.31. The Bertz CT molecular complexity index is 462. The molecule has 0 aliphatic rings. The molecule has 0 aromatic heterocycles. The van der Waals surface area contributed by atoms with E-state index in [0.29, 0.717) is 13.0 Å². The number of nitrogens with one attached hydrogen (secondary N) is 1. The number of alkyl halides is 1. The molecular formula is C11H15ClFNO2S. The quantitative estimate of drug-likeness (QED) is 0.642. The first-order chi connectivity index (χ1) is 7.92. The van der Waals surface area contributed by atoms with Gasteiger partial charge in [-0.1, -0.05) is 6.07 Å². The van der Waals surface area contributed by atoms with Crippen molar-refractivity contribution in [3.8, 4) is 0 Å². The normalized spacial score (nSPS) is 13.6. The van der Waals surface area contributed by atoms with Gasteiger partial charge in [0.25, 0.3) is 0 Å². The lowest BCUT2D eigenvalue weighted by Gasteiger charge is -2.07. The maximum atomic E-state index is 12.9.